The molecule has 0 atom stereocenters. The van der Waals surface area contributed by atoms with Crippen LogP contribution in [-0.2, 0) is 6.42 Å². The van der Waals surface area contributed by atoms with E-state index in [1.807, 2.05) is 66.7 Å². The summed E-state index contributed by atoms with van der Waals surface area (Å²) in [6, 6.07) is 21.5. The Kier molecular flexibility index (Phi) is 4.54. The van der Waals surface area contributed by atoms with Crippen LogP contribution in [-0.4, -0.2) is 21.3 Å². The van der Waals surface area contributed by atoms with Gasteiger partial charge in [-0.05, 0) is 36.2 Å². The first kappa shape index (κ1) is 16.8. The number of aliphatic imine (C=N–C) groups is 1. The zero-order chi connectivity index (χ0) is 18.6. The molecule has 0 spiro atoms. The summed E-state index contributed by atoms with van der Waals surface area (Å²) in [6.07, 6.45) is 4.07. The van der Waals surface area contributed by atoms with Crippen LogP contribution in [0, 0.1) is 0 Å². The van der Waals surface area contributed by atoms with Gasteiger partial charge >= 0.3 is 0 Å². The Morgan fingerprint density at radius 2 is 1.89 bits per heavy atom. The van der Waals surface area contributed by atoms with Gasteiger partial charge in [0.25, 0.3) is 0 Å². The number of H-pyrrole nitrogens is 1. The number of allylic oxidation sites excluding steroid dienone is 1. The lowest BCUT2D eigenvalue weighted by Crippen LogP contribution is -1.88. The molecule has 0 saturated heterocycles. The molecule has 4 nitrogen and oxygen atoms in total. The van der Waals surface area contributed by atoms with Crippen molar-refractivity contribution >= 4 is 22.9 Å². The number of aromatic nitrogens is 2. The molecule has 0 fully saturated rings. The number of aromatic hydroxyl groups is 1. The normalized spacial score (nSPS) is 11.3. The van der Waals surface area contributed by atoms with Gasteiger partial charge in [-0.25, -0.2) is 4.98 Å². The van der Waals surface area contributed by atoms with Crippen molar-refractivity contribution in [3.63, 3.8) is 0 Å². The van der Waals surface area contributed by atoms with Gasteiger partial charge in [-0.15, -0.1) is 6.58 Å². The quantitative estimate of drug-likeness (QED) is 0.372. The minimum absolute atomic E-state index is 0.245. The lowest BCUT2D eigenvalue weighted by Gasteiger charge is -2.04. The third-order valence-corrected chi connectivity index (χ3v) is 4.38. The topological polar surface area (TPSA) is 61.3 Å². The molecule has 4 heteroatoms. The predicted octanol–water partition coefficient (Wildman–Crippen LogP) is 5.41. The van der Waals surface area contributed by atoms with Crippen molar-refractivity contribution in [1.29, 1.82) is 0 Å². The van der Waals surface area contributed by atoms with Gasteiger partial charge < -0.3 is 10.1 Å². The zero-order valence-electron chi connectivity index (χ0n) is 14.8. The zero-order valence-corrected chi connectivity index (χ0v) is 14.8. The van der Waals surface area contributed by atoms with Gasteiger partial charge in [-0.1, -0.05) is 48.5 Å². The van der Waals surface area contributed by atoms with Gasteiger partial charge in [-0.3, -0.25) is 4.99 Å². The summed E-state index contributed by atoms with van der Waals surface area (Å²) in [4.78, 5) is 12.5. The molecule has 0 aliphatic heterocycles. The number of fused-ring (bicyclic) bond motifs is 1. The first-order valence-corrected chi connectivity index (χ1v) is 8.75. The summed E-state index contributed by atoms with van der Waals surface area (Å²) in [6.45, 7) is 3.72. The summed E-state index contributed by atoms with van der Waals surface area (Å²) < 4.78 is 0. The van der Waals surface area contributed by atoms with Gasteiger partial charge in [0.1, 0.15) is 11.6 Å². The van der Waals surface area contributed by atoms with Crippen molar-refractivity contribution in [3.8, 4) is 17.1 Å². The predicted molar refractivity (Wildman–Crippen MR) is 111 cm³/mol. The van der Waals surface area contributed by atoms with Gasteiger partial charge in [0, 0.05) is 17.3 Å². The van der Waals surface area contributed by atoms with E-state index in [9.17, 15) is 5.11 Å². The van der Waals surface area contributed by atoms with E-state index in [1.165, 1.54) is 0 Å². The molecule has 4 aromatic rings. The highest BCUT2D eigenvalue weighted by Gasteiger charge is 2.06. The van der Waals surface area contributed by atoms with Crippen LogP contribution in [0.1, 0.15) is 11.1 Å². The van der Waals surface area contributed by atoms with Crippen LogP contribution in [0.15, 0.2) is 84.4 Å². The molecule has 3 aromatic carbocycles. The Bertz CT molecular complexity index is 1130. The number of hydrogen-bond acceptors (Lipinski definition) is 3. The fourth-order valence-electron chi connectivity index (χ4n) is 2.99. The molecule has 0 radical (unpaired) electrons. The lowest BCUT2D eigenvalue weighted by atomic mass is 10.1. The van der Waals surface area contributed by atoms with Crippen LogP contribution in [0.2, 0.25) is 0 Å². The lowest BCUT2D eigenvalue weighted by molar-refractivity contribution is 0.469. The fourth-order valence-corrected chi connectivity index (χ4v) is 2.99. The smallest absolute Gasteiger partial charge is 0.138 e. The maximum absolute atomic E-state index is 10.3. The van der Waals surface area contributed by atoms with Gasteiger partial charge in [0.05, 0.1) is 16.7 Å². The minimum atomic E-state index is 0.245. The molecule has 1 heterocycles. The number of nitrogens with zero attached hydrogens (tertiary/aromatic N) is 2. The number of nitrogens with one attached hydrogen (secondary N) is 1. The van der Waals surface area contributed by atoms with Crippen LogP contribution in [0.3, 0.4) is 0 Å². The van der Waals surface area contributed by atoms with E-state index in [2.05, 4.69) is 21.5 Å². The van der Waals surface area contributed by atoms with E-state index in [4.69, 9.17) is 0 Å². The monoisotopic (exact) mass is 353 g/mol. The summed E-state index contributed by atoms with van der Waals surface area (Å²) in [5.74, 6) is 1.08. The Hall–Kier alpha value is -3.66. The number of phenols is 1. The van der Waals surface area contributed by atoms with Crippen molar-refractivity contribution in [3.05, 3.63) is 90.5 Å². The highest BCUT2D eigenvalue weighted by molar-refractivity contribution is 5.88. The molecule has 0 aliphatic carbocycles. The third kappa shape index (κ3) is 3.51. The molecule has 0 unspecified atom stereocenters. The largest absolute Gasteiger partial charge is 0.507 e. The van der Waals surface area contributed by atoms with Gasteiger partial charge in [-0.2, -0.15) is 0 Å². The van der Waals surface area contributed by atoms with Crippen molar-refractivity contribution in [2.45, 2.75) is 6.42 Å². The average molecular weight is 353 g/mol. The second kappa shape index (κ2) is 7.30. The van der Waals surface area contributed by atoms with Crippen LogP contribution >= 0.6 is 0 Å². The fraction of sp³-hybridized carbons (Fsp3) is 0.0435. The van der Waals surface area contributed by atoms with Crippen molar-refractivity contribution in [1.82, 2.24) is 9.97 Å². The Labute approximate surface area is 157 Å². The second-order valence-electron chi connectivity index (χ2n) is 6.26. The highest BCUT2D eigenvalue weighted by Crippen LogP contribution is 2.25. The highest BCUT2D eigenvalue weighted by atomic mass is 16.3. The maximum Gasteiger partial charge on any atom is 0.138 e. The SMILES string of the molecule is C=CCc1cccc(C=Nc2ccc3nc(-c4ccccc4)[nH]c3c2)c1O. The molecule has 0 aliphatic rings. The summed E-state index contributed by atoms with van der Waals surface area (Å²) in [7, 11) is 0. The Balaban J connectivity index is 1.64. The van der Waals surface area contributed by atoms with Crippen LogP contribution < -0.4 is 0 Å². The molecule has 2 N–H and O–H groups in total. The molecule has 0 bridgehead atoms. The van der Waals surface area contributed by atoms with Crippen LogP contribution in [0.5, 0.6) is 5.75 Å². The first-order valence-electron chi connectivity index (χ1n) is 8.75. The van der Waals surface area contributed by atoms with E-state index in [0.29, 0.717) is 12.0 Å². The number of phenolic OH excluding ortho intramolecular Hbond substituents is 1. The van der Waals surface area contributed by atoms with Gasteiger partial charge in [0.2, 0.25) is 0 Å². The number of benzene rings is 3. The molecular weight excluding hydrogens is 334 g/mol. The first-order chi connectivity index (χ1) is 13.2. The molecule has 27 heavy (non-hydrogen) atoms. The van der Waals surface area contributed by atoms with Crippen LogP contribution in [0.25, 0.3) is 22.4 Å². The molecular formula is C23H19N3O. The van der Waals surface area contributed by atoms with E-state index in [0.717, 1.165) is 33.7 Å². The minimum Gasteiger partial charge on any atom is -0.507 e. The van der Waals surface area contributed by atoms with Gasteiger partial charge in [0.15, 0.2) is 0 Å². The molecule has 1 aromatic heterocycles. The maximum atomic E-state index is 10.3. The van der Waals surface area contributed by atoms with Crippen molar-refractivity contribution in [2.75, 3.05) is 0 Å². The summed E-state index contributed by atoms with van der Waals surface area (Å²) in [5, 5.41) is 10.3. The van der Waals surface area contributed by atoms with E-state index < -0.39 is 0 Å². The number of imidazole rings is 1. The molecule has 0 amide bonds. The molecule has 0 saturated carbocycles. The summed E-state index contributed by atoms with van der Waals surface area (Å²) in [5.41, 5.74) is 5.17. The third-order valence-electron chi connectivity index (χ3n) is 4.38. The molecule has 4 rings (SSSR count). The van der Waals surface area contributed by atoms with Crippen molar-refractivity contribution < 1.29 is 5.11 Å². The standard InChI is InChI=1S/C23H19N3O/c1-2-7-16-10-6-11-18(22(16)27)15-24-19-12-13-20-21(14-19)26-23(25-20)17-8-4-3-5-9-17/h2-6,8-15,27H,1,7H2,(H,25,26). The van der Waals surface area contributed by atoms with E-state index in [1.54, 1.807) is 12.3 Å². The number of para-hydroxylation sites is 1. The summed E-state index contributed by atoms with van der Waals surface area (Å²) >= 11 is 0. The van der Waals surface area contributed by atoms with Crippen LogP contribution in [0.4, 0.5) is 5.69 Å². The Morgan fingerprint density at radius 3 is 2.70 bits per heavy atom. The number of hydrogen-bond donors (Lipinski definition) is 2. The number of rotatable bonds is 5. The van der Waals surface area contributed by atoms with Crippen molar-refractivity contribution in [2.24, 2.45) is 4.99 Å². The second-order valence-corrected chi connectivity index (χ2v) is 6.26. The number of aromatic amines is 1. The molecule has 132 valence electrons. The Morgan fingerprint density at radius 1 is 1.04 bits per heavy atom. The average Bonchev–Trinajstić information content (AvgIpc) is 3.13. The van der Waals surface area contributed by atoms with E-state index in [-0.39, 0.29) is 5.75 Å². The van der Waals surface area contributed by atoms with E-state index >= 15 is 0 Å².